The van der Waals surface area contributed by atoms with Gasteiger partial charge >= 0.3 is 0 Å². The zero-order valence-electron chi connectivity index (χ0n) is 10.0. The number of allylic oxidation sites excluding steroid dienone is 1. The highest BCUT2D eigenvalue weighted by molar-refractivity contribution is 4.99. The highest BCUT2D eigenvalue weighted by Crippen LogP contribution is 2.18. The second-order valence-corrected chi connectivity index (χ2v) is 4.32. The average Bonchev–Trinajstić information content (AvgIpc) is 3.01. The van der Waals surface area contributed by atoms with Gasteiger partial charge < -0.3 is 9.88 Å². The van der Waals surface area contributed by atoms with E-state index in [9.17, 15) is 0 Å². The molecule has 0 aromatic carbocycles. The largest absolute Gasteiger partial charge is 0.335 e. The van der Waals surface area contributed by atoms with Crippen molar-refractivity contribution in [3.8, 4) is 0 Å². The second-order valence-electron chi connectivity index (χ2n) is 4.32. The summed E-state index contributed by atoms with van der Waals surface area (Å²) in [6.07, 6.45) is 13.2. The molecule has 1 aliphatic carbocycles. The molecular weight excluding hydrogens is 198 g/mol. The Labute approximate surface area is 97.6 Å². The third kappa shape index (κ3) is 3.49. The van der Waals surface area contributed by atoms with Crippen molar-refractivity contribution in [2.24, 2.45) is 0 Å². The van der Waals surface area contributed by atoms with Gasteiger partial charge in [-0.15, -0.1) is 0 Å². The van der Waals surface area contributed by atoms with Gasteiger partial charge in [-0.25, -0.2) is 4.98 Å². The summed E-state index contributed by atoms with van der Waals surface area (Å²) in [6, 6.07) is 0.826. The first-order valence-corrected chi connectivity index (χ1v) is 6.28. The van der Waals surface area contributed by atoms with Gasteiger partial charge in [-0.2, -0.15) is 0 Å². The highest BCUT2D eigenvalue weighted by atomic mass is 15.0. The Morgan fingerprint density at radius 2 is 2.38 bits per heavy atom. The van der Waals surface area contributed by atoms with Crippen molar-refractivity contribution in [3.63, 3.8) is 0 Å². The lowest BCUT2D eigenvalue weighted by Gasteiger charge is -2.01. The van der Waals surface area contributed by atoms with Gasteiger partial charge in [0.05, 0.1) is 0 Å². The number of hydrogen-bond acceptors (Lipinski definition) is 2. The van der Waals surface area contributed by atoms with Crippen molar-refractivity contribution < 1.29 is 0 Å². The summed E-state index contributed by atoms with van der Waals surface area (Å²) in [5, 5.41) is 3.50. The van der Waals surface area contributed by atoms with Crippen LogP contribution in [-0.4, -0.2) is 22.1 Å². The molecule has 0 unspecified atom stereocenters. The topological polar surface area (TPSA) is 29.9 Å². The van der Waals surface area contributed by atoms with E-state index < -0.39 is 0 Å². The molecule has 1 aromatic rings. The molecule has 0 spiro atoms. The van der Waals surface area contributed by atoms with Crippen molar-refractivity contribution in [1.82, 2.24) is 14.9 Å². The highest BCUT2D eigenvalue weighted by Gasteiger charge is 2.19. The number of nitrogens with zero attached hydrogens (tertiary/aromatic N) is 2. The van der Waals surface area contributed by atoms with Crippen LogP contribution in [0.4, 0.5) is 0 Å². The predicted molar refractivity (Wildman–Crippen MR) is 66.4 cm³/mol. The van der Waals surface area contributed by atoms with Gasteiger partial charge in [-0.1, -0.05) is 12.2 Å². The minimum atomic E-state index is 0.826. The molecule has 88 valence electrons. The molecule has 3 nitrogen and oxygen atoms in total. The van der Waals surface area contributed by atoms with Crippen molar-refractivity contribution in [2.45, 2.75) is 45.2 Å². The molecule has 1 heterocycles. The van der Waals surface area contributed by atoms with E-state index in [0.29, 0.717) is 0 Å². The van der Waals surface area contributed by atoms with Gasteiger partial charge in [-0.05, 0) is 32.7 Å². The number of hydrogen-bond donors (Lipinski definition) is 1. The summed E-state index contributed by atoms with van der Waals surface area (Å²) in [7, 11) is 0. The molecule has 3 heteroatoms. The predicted octanol–water partition coefficient (Wildman–Crippen LogP) is 2.14. The fourth-order valence-corrected chi connectivity index (χ4v) is 1.78. The molecular formula is C13H21N3. The summed E-state index contributed by atoms with van der Waals surface area (Å²) < 4.78 is 2.19. The Morgan fingerprint density at radius 1 is 1.50 bits per heavy atom. The number of aromatic nitrogens is 2. The van der Waals surface area contributed by atoms with Crippen LogP contribution < -0.4 is 5.32 Å². The Hall–Kier alpha value is -1.09. The van der Waals surface area contributed by atoms with E-state index >= 15 is 0 Å². The van der Waals surface area contributed by atoms with E-state index in [1.165, 1.54) is 12.8 Å². The number of nitrogens with one attached hydrogen (secondary N) is 1. The smallest absolute Gasteiger partial charge is 0.112 e. The van der Waals surface area contributed by atoms with Crippen LogP contribution in [0.25, 0.3) is 0 Å². The zero-order chi connectivity index (χ0) is 11.2. The first-order valence-electron chi connectivity index (χ1n) is 6.28. The van der Waals surface area contributed by atoms with Crippen LogP contribution in [0, 0.1) is 0 Å². The molecule has 1 saturated carbocycles. The standard InChI is InChI=1S/C13H21N3/c1-2-16-11-10-15-13(16)6-4-3-5-9-14-12-7-8-12/h3-4,10-12,14H,2,5-9H2,1H3. The zero-order valence-corrected chi connectivity index (χ0v) is 10.0. The maximum absolute atomic E-state index is 4.34. The van der Waals surface area contributed by atoms with E-state index in [1.807, 2.05) is 12.4 Å². The average molecular weight is 219 g/mol. The molecule has 0 amide bonds. The van der Waals surface area contributed by atoms with E-state index in [0.717, 1.165) is 37.8 Å². The first kappa shape index (κ1) is 11.4. The third-order valence-electron chi connectivity index (χ3n) is 2.93. The van der Waals surface area contributed by atoms with Crippen LogP contribution >= 0.6 is 0 Å². The molecule has 0 atom stereocenters. The van der Waals surface area contributed by atoms with Gasteiger partial charge in [0, 0.05) is 31.4 Å². The molecule has 0 saturated heterocycles. The van der Waals surface area contributed by atoms with Gasteiger partial charge in [0.25, 0.3) is 0 Å². The van der Waals surface area contributed by atoms with Crippen molar-refractivity contribution in [3.05, 3.63) is 30.4 Å². The van der Waals surface area contributed by atoms with Gasteiger partial charge in [0.2, 0.25) is 0 Å². The minimum Gasteiger partial charge on any atom is -0.335 e. The Balaban J connectivity index is 1.63. The molecule has 1 aromatic heterocycles. The van der Waals surface area contributed by atoms with Crippen LogP contribution in [0.5, 0.6) is 0 Å². The fourth-order valence-electron chi connectivity index (χ4n) is 1.78. The van der Waals surface area contributed by atoms with E-state index in [1.54, 1.807) is 0 Å². The van der Waals surface area contributed by atoms with Crippen LogP contribution in [0.1, 0.15) is 32.0 Å². The van der Waals surface area contributed by atoms with Crippen molar-refractivity contribution in [1.29, 1.82) is 0 Å². The summed E-state index contributed by atoms with van der Waals surface area (Å²) in [5.41, 5.74) is 0. The van der Waals surface area contributed by atoms with Crippen molar-refractivity contribution >= 4 is 0 Å². The van der Waals surface area contributed by atoms with Crippen LogP contribution in [0.3, 0.4) is 0 Å². The summed E-state index contributed by atoms with van der Waals surface area (Å²) in [5.74, 6) is 1.16. The molecule has 16 heavy (non-hydrogen) atoms. The van der Waals surface area contributed by atoms with Crippen LogP contribution in [0.2, 0.25) is 0 Å². The molecule has 1 fully saturated rings. The molecule has 1 aliphatic rings. The van der Waals surface area contributed by atoms with E-state index in [2.05, 4.69) is 33.9 Å². The second kappa shape index (κ2) is 5.85. The number of aryl methyl sites for hydroxylation is 1. The Bertz CT molecular complexity index is 337. The summed E-state index contributed by atoms with van der Waals surface area (Å²) >= 11 is 0. The number of imidazole rings is 1. The van der Waals surface area contributed by atoms with Gasteiger partial charge in [0.15, 0.2) is 0 Å². The normalized spacial score (nSPS) is 16.1. The summed E-state index contributed by atoms with van der Waals surface area (Å²) in [6.45, 7) is 4.27. The lowest BCUT2D eigenvalue weighted by molar-refractivity contribution is 0.688. The van der Waals surface area contributed by atoms with Crippen molar-refractivity contribution in [2.75, 3.05) is 6.54 Å². The summed E-state index contributed by atoms with van der Waals surface area (Å²) in [4.78, 5) is 4.34. The van der Waals surface area contributed by atoms with Gasteiger partial charge in [0.1, 0.15) is 5.82 Å². The quantitative estimate of drug-likeness (QED) is 0.562. The molecule has 0 radical (unpaired) electrons. The Morgan fingerprint density at radius 3 is 3.12 bits per heavy atom. The fraction of sp³-hybridized carbons (Fsp3) is 0.615. The van der Waals surface area contributed by atoms with Crippen LogP contribution in [0.15, 0.2) is 24.5 Å². The number of rotatable bonds is 7. The first-order chi connectivity index (χ1) is 7.90. The SMILES string of the molecule is CCn1ccnc1CC=CCCNC1CC1. The third-order valence-corrected chi connectivity index (χ3v) is 2.93. The van der Waals surface area contributed by atoms with E-state index in [-0.39, 0.29) is 0 Å². The minimum absolute atomic E-state index is 0.826. The monoisotopic (exact) mass is 219 g/mol. The molecule has 1 N–H and O–H groups in total. The maximum Gasteiger partial charge on any atom is 0.112 e. The Kier molecular flexibility index (Phi) is 4.17. The van der Waals surface area contributed by atoms with E-state index in [4.69, 9.17) is 0 Å². The molecule has 0 aliphatic heterocycles. The van der Waals surface area contributed by atoms with Crippen LogP contribution in [-0.2, 0) is 13.0 Å². The maximum atomic E-state index is 4.34. The lowest BCUT2D eigenvalue weighted by atomic mass is 10.3. The lowest BCUT2D eigenvalue weighted by Crippen LogP contribution is -2.16. The molecule has 0 bridgehead atoms. The van der Waals surface area contributed by atoms with Gasteiger partial charge in [-0.3, -0.25) is 0 Å². The molecule has 2 rings (SSSR count).